The highest BCUT2D eigenvalue weighted by molar-refractivity contribution is 6.11. The topological polar surface area (TPSA) is 100 Å². The average molecular weight is 392 g/mol. The zero-order valence-corrected chi connectivity index (χ0v) is 15.7. The molecule has 8 heteroatoms. The van der Waals surface area contributed by atoms with E-state index in [9.17, 15) is 14.9 Å². The Morgan fingerprint density at radius 1 is 1.24 bits per heavy atom. The van der Waals surface area contributed by atoms with Crippen LogP contribution in [0.25, 0.3) is 6.08 Å². The Morgan fingerprint density at radius 3 is 2.79 bits per heavy atom. The molecule has 8 nitrogen and oxygen atoms in total. The summed E-state index contributed by atoms with van der Waals surface area (Å²) in [5, 5.41) is 11.0. The lowest BCUT2D eigenvalue weighted by Crippen LogP contribution is -2.08. The van der Waals surface area contributed by atoms with Crippen molar-refractivity contribution < 1.29 is 23.9 Å². The molecule has 0 aliphatic carbocycles. The Labute approximate surface area is 165 Å². The number of nitro groups is 1. The maximum atomic E-state index is 12.2. The molecule has 2 aliphatic rings. The lowest BCUT2D eigenvalue weighted by atomic mass is 10.1. The number of hydrogen-bond acceptors (Lipinski definition) is 7. The number of esters is 1. The third kappa shape index (κ3) is 3.60. The predicted molar refractivity (Wildman–Crippen MR) is 105 cm³/mol. The van der Waals surface area contributed by atoms with Gasteiger partial charge in [0.2, 0.25) is 5.90 Å². The molecule has 0 spiro atoms. The molecule has 0 amide bonds. The van der Waals surface area contributed by atoms with Gasteiger partial charge in [-0.05, 0) is 48.9 Å². The molecule has 2 aliphatic heterocycles. The van der Waals surface area contributed by atoms with E-state index in [1.807, 2.05) is 18.2 Å². The van der Waals surface area contributed by atoms with Gasteiger partial charge in [0.25, 0.3) is 5.69 Å². The summed E-state index contributed by atoms with van der Waals surface area (Å²) in [7, 11) is 1.59. The Hall–Kier alpha value is -3.94. The van der Waals surface area contributed by atoms with E-state index in [0.717, 1.165) is 11.1 Å². The van der Waals surface area contributed by atoms with Crippen molar-refractivity contribution in [3.05, 3.63) is 80.5 Å². The summed E-state index contributed by atoms with van der Waals surface area (Å²) in [6.45, 7) is 1.89. The van der Waals surface area contributed by atoms with E-state index in [4.69, 9.17) is 14.2 Å². The highest BCUT2D eigenvalue weighted by Crippen LogP contribution is 2.31. The number of nitrogens with zero attached hydrogens (tertiary/aromatic N) is 2. The normalized spacial score (nSPS) is 16.5. The van der Waals surface area contributed by atoms with Crippen molar-refractivity contribution in [3.63, 3.8) is 0 Å². The maximum absolute atomic E-state index is 12.2. The zero-order valence-electron chi connectivity index (χ0n) is 15.7. The number of methoxy groups -OCH3 is 1. The molecule has 0 fully saturated rings. The minimum absolute atomic E-state index is 0.00533. The van der Waals surface area contributed by atoms with Gasteiger partial charge in [-0.1, -0.05) is 0 Å². The number of fused-ring (bicyclic) bond motifs is 1. The molecular formula is C21H16N2O6. The number of hydrogen-bond donors (Lipinski definition) is 0. The van der Waals surface area contributed by atoms with Gasteiger partial charge >= 0.3 is 5.97 Å². The lowest BCUT2D eigenvalue weighted by molar-refractivity contribution is -0.385. The van der Waals surface area contributed by atoms with Crippen molar-refractivity contribution >= 4 is 23.6 Å². The first kappa shape index (κ1) is 18.4. The Balaban J connectivity index is 1.62. The summed E-state index contributed by atoms with van der Waals surface area (Å²) in [4.78, 5) is 27.0. The van der Waals surface area contributed by atoms with Gasteiger partial charge in [0.05, 0.1) is 12.0 Å². The molecule has 0 saturated heterocycles. The largest absolute Gasteiger partial charge is 0.497 e. The highest BCUT2D eigenvalue weighted by atomic mass is 16.6. The second-order valence-corrected chi connectivity index (χ2v) is 6.51. The molecule has 2 aromatic rings. The fourth-order valence-electron chi connectivity index (χ4n) is 3.07. The second kappa shape index (κ2) is 7.23. The van der Waals surface area contributed by atoms with Gasteiger partial charge in [-0.15, -0.1) is 0 Å². The van der Waals surface area contributed by atoms with Gasteiger partial charge in [-0.3, -0.25) is 10.1 Å². The molecule has 0 N–H and O–H groups in total. The van der Waals surface area contributed by atoms with Gasteiger partial charge in [-0.25, -0.2) is 9.79 Å². The number of aliphatic imine (C=N–C) groups is 1. The number of cyclic esters (lactones) is 1. The molecule has 2 heterocycles. The first-order valence-electron chi connectivity index (χ1n) is 8.74. The van der Waals surface area contributed by atoms with Crippen LogP contribution in [0.1, 0.15) is 16.7 Å². The van der Waals surface area contributed by atoms with Crippen LogP contribution in [0, 0.1) is 17.0 Å². The summed E-state index contributed by atoms with van der Waals surface area (Å²) in [6, 6.07) is 9.93. The molecule has 146 valence electrons. The van der Waals surface area contributed by atoms with Crippen molar-refractivity contribution in [3.8, 4) is 11.5 Å². The van der Waals surface area contributed by atoms with Crippen molar-refractivity contribution in [2.75, 3.05) is 13.7 Å². The lowest BCUT2D eigenvalue weighted by Gasteiger charge is -2.16. The van der Waals surface area contributed by atoms with E-state index in [0.29, 0.717) is 22.6 Å². The molecule has 0 aromatic heterocycles. The molecule has 0 atom stereocenters. The first-order valence-corrected chi connectivity index (χ1v) is 8.74. The maximum Gasteiger partial charge on any atom is 0.363 e. The zero-order chi connectivity index (χ0) is 20.5. The highest BCUT2D eigenvalue weighted by Gasteiger charge is 2.26. The van der Waals surface area contributed by atoms with E-state index >= 15 is 0 Å². The van der Waals surface area contributed by atoms with Gasteiger partial charge in [0, 0.05) is 28.8 Å². The van der Waals surface area contributed by atoms with Crippen LogP contribution in [-0.2, 0) is 9.53 Å². The third-order valence-corrected chi connectivity index (χ3v) is 4.54. The second-order valence-electron chi connectivity index (χ2n) is 6.51. The van der Waals surface area contributed by atoms with Crippen molar-refractivity contribution in [2.45, 2.75) is 6.92 Å². The van der Waals surface area contributed by atoms with Gasteiger partial charge in [-0.2, -0.15) is 0 Å². The Kier molecular flexibility index (Phi) is 4.59. The minimum atomic E-state index is -0.586. The van der Waals surface area contributed by atoms with Crippen LogP contribution in [0.15, 0.2) is 58.7 Å². The Morgan fingerprint density at radius 2 is 2.07 bits per heavy atom. The number of benzene rings is 2. The molecule has 29 heavy (non-hydrogen) atoms. The molecule has 0 bridgehead atoms. The van der Waals surface area contributed by atoms with Crippen LogP contribution in [0.2, 0.25) is 0 Å². The molecular weight excluding hydrogens is 376 g/mol. The molecule has 4 rings (SSSR count). The van der Waals surface area contributed by atoms with Crippen LogP contribution < -0.4 is 9.47 Å². The van der Waals surface area contributed by atoms with E-state index < -0.39 is 10.9 Å². The van der Waals surface area contributed by atoms with Crippen LogP contribution >= 0.6 is 0 Å². The third-order valence-electron chi connectivity index (χ3n) is 4.54. The SMILES string of the molecule is COc1ccc2c(c1)OCC(/C=C1\N=C(c3ccc([N+](=O)[O-])c(C)c3)OC1=O)=C2. The first-order chi connectivity index (χ1) is 13.9. The number of ether oxygens (including phenoxy) is 3. The van der Waals surface area contributed by atoms with Gasteiger partial charge < -0.3 is 14.2 Å². The van der Waals surface area contributed by atoms with Crippen LogP contribution in [0.5, 0.6) is 11.5 Å². The monoisotopic (exact) mass is 392 g/mol. The fraction of sp³-hybridized carbons (Fsp3) is 0.143. The number of carbonyl (C=O) groups excluding carboxylic acids is 1. The molecule has 0 saturated carbocycles. The summed E-state index contributed by atoms with van der Waals surface area (Å²) in [5.41, 5.74) is 2.72. The van der Waals surface area contributed by atoms with E-state index in [2.05, 4.69) is 4.99 Å². The standard InChI is InChI=1S/C21H16N2O6/c1-12-7-15(4-6-18(12)23(25)26)20-22-17(21(24)29-20)9-13-8-14-3-5-16(27-2)10-19(14)28-11-13/h3-10H,11H2,1-2H3/b17-9-. The summed E-state index contributed by atoms with van der Waals surface area (Å²) < 4.78 is 16.2. The summed E-state index contributed by atoms with van der Waals surface area (Å²) in [5.74, 6) is 0.927. The van der Waals surface area contributed by atoms with Crippen molar-refractivity contribution in [1.82, 2.24) is 0 Å². The van der Waals surface area contributed by atoms with Crippen LogP contribution in [0.3, 0.4) is 0 Å². The number of carbonyl (C=O) groups is 1. The summed E-state index contributed by atoms with van der Waals surface area (Å²) >= 11 is 0. The summed E-state index contributed by atoms with van der Waals surface area (Å²) in [6.07, 6.45) is 3.52. The number of rotatable bonds is 4. The molecule has 2 aromatic carbocycles. The Bertz CT molecular complexity index is 1130. The van der Waals surface area contributed by atoms with Gasteiger partial charge in [0.15, 0.2) is 5.70 Å². The smallest absolute Gasteiger partial charge is 0.363 e. The molecule has 0 unspecified atom stereocenters. The fourth-order valence-corrected chi connectivity index (χ4v) is 3.07. The van der Waals surface area contributed by atoms with Crippen LogP contribution in [-0.4, -0.2) is 30.5 Å². The quantitative estimate of drug-likeness (QED) is 0.341. The van der Waals surface area contributed by atoms with Crippen molar-refractivity contribution in [1.29, 1.82) is 0 Å². The number of aryl methyl sites for hydroxylation is 1. The van der Waals surface area contributed by atoms with Crippen molar-refractivity contribution in [2.24, 2.45) is 4.99 Å². The predicted octanol–water partition coefficient (Wildman–Crippen LogP) is 3.58. The van der Waals surface area contributed by atoms with E-state index in [1.54, 1.807) is 32.2 Å². The van der Waals surface area contributed by atoms with Crippen LogP contribution in [0.4, 0.5) is 5.69 Å². The van der Waals surface area contributed by atoms with E-state index in [-0.39, 0.29) is 23.9 Å². The minimum Gasteiger partial charge on any atom is -0.497 e. The van der Waals surface area contributed by atoms with E-state index in [1.165, 1.54) is 12.1 Å². The van der Waals surface area contributed by atoms with Gasteiger partial charge in [0.1, 0.15) is 18.1 Å². The number of nitro benzene ring substituents is 1. The average Bonchev–Trinajstić information content (AvgIpc) is 3.07. The molecule has 0 radical (unpaired) electrons.